The van der Waals surface area contributed by atoms with Crippen molar-refractivity contribution < 1.29 is 29.3 Å². The van der Waals surface area contributed by atoms with Gasteiger partial charge in [-0.2, -0.15) is 0 Å². The number of ether oxygens (including phenoxy) is 1. The van der Waals surface area contributed by atoms with Crippen LogP contribution in [-0.4, -0.2) is 63.6 Å². The molecule has 1 unspecified atom stereocenters. The molecule has 1 aliphatic heterocycles. The van der Waals surface area contributed by atoms with Gasteiger partial charge < -0.3 is 24.8 Å². The number of hydrogen-bond acceptors (Lipinski definition) is 6. The first-order valence-corrected chi connectivity index (χ1v) is 10.0. The lowest BCUT2D eigenvalue weighted by atomic mass is 9.96. The summed E-state index contributed by atoms with van der Waals surface area (Å²) in [5, 5.41) is 16.1. The molecule has 2 aromatic rings. The molecule has 0 bridgehead atoms. The summed E-state index contributed by atoms with van der Waals surface area (Å²) in [6.07, 6.45) is 1.46. The molecule has 2 heterocycles. The second kappa shape index (κ2) is 11.1. The highest BCUT2D eigenvalue weighted by molar-refractivity contribution is 5.88. The Balaban J connectivity index is 0.00000114. The fraction of sp³-hybridized carbons (Fsp3) is 0.409. The lowest BCUT2D eigenvalue weighted by Gasteiger charge is -2.18. The number of rotatable bonds is 6. The number of nitrogens with one attached hydrogen (secondary N) is 1. The van der Waals surface area contributed by atoms with Gasteiger partial charge >= 0.3 is 5.97 Å². The van der Waals surface area contributed by atoms with E-state index in [-0.39, 0.29) is 35.8 Å². The molecule has 172 valence electrons. The number of methoxy groups -OCH3 is 1. The summed E-state index contributed by atoms with van der Waals surface area (Å²) in [5.41, 5.74) is 1.75. The zero-order chi connectivity index (χ0) is 23.8. The van der Waals surface area contributed by atoms with Crippen LogP contribution in [-0.2, 0) is 22.4 Å². The number of carboxylic acid groups (broad SMARTS) is 2. The summed E-state index contributed by atoms with van der Waals surface area (Å²) in [7, 11) is 1.55. The molecule has 1 fully saturated rings. The first-order valence-electron chi connectivity index (χ1n) is 10.0. The van der Waals surface area contributed by atoms with Crippen molar-refractivity contribution in [1.82, 2.24) is 14.9 Å². The topological polar surface area (TPSA) is 150 Å². The first kappa shape index (κ1) is 24.6. The molecule has 1 aromatic heterocycles. The third-order valence-corrected chi connectivity index (χ3v) is 5.34. The Morgan fingerprint density at radius 1 is 1.34 bits per heavy atom. The van der Waals surface area contributed by atoms with Gasteiger partial charge in [-0.1, -0.05) is 0 Å². The lowest BCUT2D eigenvalue weighted by Crippen LogP contribution is -2.32. The van der Waals surface area contributed by atoms with E-state index in [0.29, 0.717) is 42.3 Å². The maximum absolute atomic E-state index is 12.7. The Bertz CT molecular complexity index is 1050. The number of aromatic amines is 1. The van der Waals surface area contributed by atoms with Crippen LogP contribution in [0.1, 0.15) is 39.4 Å². The second-order valence-corrected chi connectivity index (χ2v) is 7.53. The Morgan fingerprint density at radius 2 is 2.03 bits per heavy atom. The van der Waals surface area contributed by atoms with E-state index in [1.807, 2.05) is 0 Å². The van der Waals surface area contributed by atoms with Crippen LogP contribution in [0.4, 0.5) is 0 Å². The van der Waals surface area contributed by atoms with Gasteiger partial charge in [0.05, 0.1) is 19.1 Å². The lowest BCUT2D eigenvalue weighted by molar-refractivity contribution is -0.129. The largest absolute Gasteiger partial charge is 0.496 e. The van der Waals surface area contributed by atoms with Gasteiger partial charge in [0.15, 0.2) is 0 Å². The molecule has 1 aliphatic rings. The number of H-pyrrole nitrogens is 1. The summed E-state index contributed by atoms with van der Waals surface area (Å²) in [6, 6.07) is 4.81. The van der Waals surface area contributed by atoms with E-state index in [4.69, 9.17) is 14.6 Å². The van der Waals surface area contributed by atoms with E-state index in [1.54, 1.807) is 38.0 Å². The normalized spacial score (nSPS) is 15.0. The van der Waals surface area contributed by atoms with Crippen molar-refractivity contribution in [3.05, 3.63) is 56.8 Å². The van der Waals surface area contributed by atoms with Crippen LogP contribution in [0.3, 0.4) is 0 Å². The molecule has 0 aliphatic carbocycles. The molecular formula is C22H27N3O7. The summed E-state index contributed by atoms with van der Waals surface area (Å²) < 4.78 is 5.36. The molecule has 0 radical (unpaired) electrons. The number of nitrogens with zero attached hydrogens (tertiary/aromatic N) is 2. The third-order valence-electron chi connectivity index (χ3n) is 5.34. The molecule has 1 atom stereocenters. The highest BCUT2D eigenvalue weighted by Crippen LogP contribution is 2.27. The number of benzene rings is 1. The molecule has 3 N–H and O–H groups in total. The number of amides is 1. The van der Waals surface area contributed by atoms with Crippen molar-refractivity contribution in [2.75, 3.05) is 20.2 Å². The summed E-state index contributed by atoms with van der Waals surface area (Å²) >= 11 is 0. The van der Waals surface area contributed by atoms with E-state index in [9.17, 15) is 19.5 Å². The number of carboxylic acids is 1. The molecule has 10 nitrogen and oxygen atoms in total. The number of aromatic carboxylic acids is 1. The van der Waals surface area contributed by atoms with Crippen molar-refractivity contribution in [1.29, 1.82) is 0 Å². The molecule has 1 amide bonds. The van der Waals surface area contributed by atoms with E-state index in [1.165, 1.54) is 6.07 Å². The Morgan fingerprint density at radius 3 is 2.62 bits per heavy atom. The van der Waals surface area contributed by atoms with Gasteiger partial charge in [0.1, 0.15) is 11.6 Å². The molecule has 1 saturated heterocycles. The van der Waals surface area contributed by atoms with E-state index in [2.05, 4.69) is 9.97 Å². The number of likely N-dealkylation sites (tertiary alicyclic amines) is 1. The van der Waals surface area contributed by atoms with Crippen LogP contribution >= 0.6 is 0 Å². The van der Waals surface area contributed by atoms with Crippen molar-refractivity contribution in [2.24, 2.45) is 5.92 Å². The Kier molecular flexibility index (Phi) is 8.51. The Labute approximate surface area is 184 Å². The number of aromatic nitrogens is 2. The van der Waals surface area contributed by atoms with Gasteiger partial charge in [-0.15, -0.1) is 0 Å². The quantitative estimate of drug-likeness (QED) is 0.565. The number of hydrogen-bond donors (Lipinski definition) is 3. The van der Waals surface area contributed by atoms with Crippen molar-refractivity contribution in [2.45, 2.75) is 33.1 Å². The molecular weight excluding hydrogens is 418 g/mol. The van der Waals surface area contributed by atoms with E-state index < -0.39 is 5.97 Å². The van der Waals surface area contributed by atoms with Crippen LogP contribution in [0.2, 0.25) is 0 Å². The van der Waals surface area contributed by atoms with Crippen molar-refractivity contribution in [3.8, 4) is 5.75 Å². The third kappa shape index (κ3) is 6.16. The highest BCUT2D eigenvalue weighted by atomic mass is 16.5. The van der Waals surface area contributed by atoms with E-state index in [0.717, 1.165) is 12.0 Å². The average Bonchev–Trinajstić information content (AvgIpc) is 3.19. The standard InChI is InChI=1S/C21H25N3O5.CH2O2/c1-12-17(20(26)23-13(2)22-12)10-19(25)24-7-6-14(11-24)8-16-9-15(21(27)28)4-5-18(16)29-3;2-1-3/h4-5,9,14H,6-8,10-11H2,1-3H3,(H,27,28)(H,22,23,26);1H,(H,2,3). The summed E-state index contributed by atoms with van der Waals surface area (Å²) in [4.78, 5) is 53.1. The van der Waals surface area contributed by atoms with Gasteiger partial charge in [0.25, 0.3) is 12.0 Å². The summed E-state index contributed by atoms with van der Waals surface area (Å²) in [6.45, 7) is 4.37. The van der Waals surface area contributed by atoms with Gasteiger partial charge in [-0.25, -0.2) is 9.78 Å². The maximum Gasteiger partial charge on any atom is 0.335 e. The predicted octanol–water partition coefficient (Wildman–Crippen LogP) is 1.43. The molecule has 0 saturated carbocycles. The molecule has 32 heavy (non-hydrogen) atoms. The molecule has 1 aromatic carbocycles. The van der Waals surface area contributed by atoms with Crippen LogP contribution in [0.15, 0.2) is 23.0 Å². The minimum Gasteiger partial charge on any atom is -0.496 e. The highest BCUT2D eigenvalue weighted by Gasteiger charge is 2.28. The van der Waals surface area contributed by atoms with Crippen molar-refractivity contribution >= 4 is 18.3 Å². The van der Waals surface area contributed by atoms with Gasteiger partial charge in [0, 0.05) is 24.3 Å². The number of carbonyl (C=O) groups excluding carboxylic acids is 1. The number of carbonyl (C=O) groups is 3. The fourth-order valence-corrected chi connectivity index (χ4v) is 3.83. The SMILES string of the molecule is COc1ccc(C(=O)O)cc1CC1CCN(C(=O)Cc2c(C)nc(C)[nH]c2=O)C1.O=CO. The zero-order valence-electron chi connectivity index (χ0n) is 18.3. The van der Waals surface area contributed by atoms with Crippen molar-refractivity contribution in [3.63, 3.8) is 0 Å². The zero-order valence-corrected chi connectivity index (χ0v) is 18.3. The Hall–Kier alpha value is -3.69. The van der Waals surface area contributed by atoms with Crippen LogP contribution < -0.4 is 10.3 Å². The van der Waals surface area contributed by atoms with Crippen LogP contribution in [0, 0.1) is 19.8 Å². The smallest absolute Gasteiger partial charge is 0.335 e. The predicted molar refractivity (Wildman–Crippen MR) is 115 cm³/mol. The first-order chi connectivity index (χ1) is 15.2. The average molecular weight is 445 g/mol. The number of aryl methyl sites for hydroxylation is 2. The van der Waals surface area contributed by atoms with Gasteiger partial charge in [-0.3, -0.25) is 14.4 Å². The summed E-state index contributed by atoms with van der Waals surface area (Å²) in [5.74, 6) is 0.296. The second-order valence-electron chi connectivity index (χ2n) is 7.53. The van der Waals surface area contributed by atoms with Crippen LogP contribution in [0.25, 0.3) is 0 Å². The van der Waals surface area contributed by atoms with Crippen LogP contribution in [0.5, 0.6) is 5.75 Å². The maximum atomic E-state index is 12.7. The monoisotopic (exact) mass is 445 g/mol. The molecule has 0 spiro atoms. The molecule has 10 heteroatoms. The molecule has 3 rings (SSSR count). The minimum atomic E-state index is -0.982. The minimum absolute atomic E-state index is 0.0268. The van der Waals surface area contributed by atoms with Gasteiger partial charge in [0.2, 0.25) is 5.91 Å². The van der Waals surface area contributed by atoms with Gasteiger partial charge in [-0.05, 0) is 56.4 Å². The fourth-order valence-electron chi connectivity index (χ4n) is 3.83. The van der Waals surface area contributed by atoms with E-state index >= 15 is 0 Å².